The molecule has 0 amide bonds. The van der Waals surface area contributed by atoms with Crippen LogP contribution in [0.15, 0.2) is 11.8 Å². The van der Waals surface area contributed by atoms with Crippen molar-refractivity contribution < 1.29 is 24.4 Å². The van der Waals surface area contributed by atoms with Crippen LogP contribution in [0.1, 0.15) is 100 Å². The molecule has 0 aromatic carbocycles. The highest BCUT2D eigenvalue weighted by Crippen LogP contribution is 2.42. The highest BCUT2D eigenvalue weighted by Gasteiger charge is 2.52. The second-order valence-electron chi connectivity index (χ2n) is 12.0. The topological polar surface area (TPSA) is 79.3 Å². The molecule has 1 atom stereocenters. The Kier molecular flexibility index (Phi) is 5.91. The Balaban J connectivity index is 1.81. The molecule has 31 heavy (non-hydrogen) atoms. The average molecular weight is 437 g/mol. The molecule has 1 unspecified atom stereocenters. The molecule has 0 spiro atoms. The summed E-state index contributed by atoms with van der Waals surface area (Å²) in [5, 5.41) is 14.6. The molecule has 0 aromatic rings. The second kappa shape index (κ2) is 7.56. The van der Waals surface area contributed by atoms with Crippen molar-refractivity contribution >= 4 is 11.8 Å². The summed E-state index contributed by atoms with van der Waals surface area (Å²) in [5.74, 6) is -1.21. The SMILES string of the molecule is CC1(C)CCCC(C)(C)N1OC(=O)C1(O)C=C(ON2C(C)(C)CCCC2(C)C)C(=O)C1. The van der Waals surface area contributed by atoms with Crippen LogP contribution in [-0.2, 0) is 19.3 Å². The number of allylic oxidation sites excluding steroid dienone is 1. The van der Waals surface area contributed by atoms with E-state index < -0.39 is 17.4 Å². The van der Waals surface area contributed by atoms with Gasteiger partial charge < -0.3 is 14.8 Å². The lowest BCUT2D eigenvalue weighted by Gasteiger charge is -2.51. The van der Waals surface area contributed by atoms with E-state index in [0.717, 1.165) is 38.5 Å². The van der Waals surface area contributed by atoms with E-state index in [2.05, 4.69) is 27.7 Å². The molecule has 0 aromatic heterocycles. The monoisotopic (exact) mass is 436 g/mol. The summed E-state index contributed by atoms with van der Waals surface area (Å²) in [6.45, 7) is 16.4. The van der Waals surface area contributed by atoms with Crippen molar-refractivity contribution in [3.05, 3.63) is 11.8 Å². The van der Waals surface area contributed by atoms with Crippen LogP contribution >= 0.6 is 0 Å². The van der Waals surface area contributed by atoms with E-state index in [4.69, 9.17) is 9.68 Å². The third-order valence-corrected chi connectivity index (χ3v) is 7.15. The smallest absolute Gasteiger partial charge is 0.361 e. The van der Waals surface area contributed by atoms with Crippen molar-refractivity contribution in [2.75, 3.05) is 0 Å². The summed E-state index contributed by atoms with van der Waals surface area (Å²) in [6.07, 6.45) is 6.61. The summed E-state index contributed by atoms with van der Waals surface area (Å²) in [6, 6.07) is 0. The third-order valence-electron chi connectivity index (χ3n) is 7.15. The molecule has 7 nitrogen and oxygen atoms in total. The van der Waals surface area contributed by atoms with Gasteiger partial charge in [-0.1, -0.05) is 0 Å². The minimum atomic E-state index is -2.03. The van der Waals surface area contributed by atoms with Crippen LogP contribution in [0.25, 0.3) is 0 Å². The minimum Gasteiger partial charge on any atom is -0.401 e. The Labute approximate surface area is 186 Å². The normalized spacial score (nSPS) is 32.4. The van der Waals surface area contributed by atoms with Crippen molar-refractivity contribution in [1.82, 2.24) is 10.1 Å². The van der Waals surface area contributed by atoms with Gasteiger partial charge in [0.25, 0.3) is 0 Å². The molecular formula is C24H40N2O5. The van der Waals surface area contributed by atoms with Crippen LogP contribution in [0.2, 0.25) is 0 Å². The maximum atomic E-state index is 13.1. The number of ketones is 1. The fourth-order valence-corrected chi connectivity index (χ4v) is 5.60. The molecule has 176 valence electrons. The number of hydroxylamine groups is 4. The lowest BCUT2D eigenvalue weighted by molar-refractivity contribution is -0.274. The van der Waals surface area contributed by atoms with E-state index in [1.807, 2.05) is 32.8 Å². The van der Waals surface area contributed by atoms with Gasteiger partial charge in [0.2, 0.25) is 5.78 Å². The van der Waals surface area contributed by atoms with Gasteiger partial charge in [0.05, 0.1) is 28.6 Å². The van der Waals surface area contributed by atoms with Gasteiger partial charge in [0, 0.05) is 6.08 Å². The Morgan fingerprint density at radius 2 is 1.26 bits per heavy atom. The Morgan fingerprint density at radius 3 is 1.71 bits per heavy atom. The first-order chi connectivity index (χ1) is 14.0. The van der Waals surface area contributed by atoms with E-state index in [1.54, 1.807) is 5.06 Å². The van der Waals surface area contributed by atoms with Gasteiger partial charge in [-0.15, -0.1) is 10.1 Å². The van der Waals surface area contributed by atoms with Crippen LogP contribution in [0.3, 0.4) is 0 Å². The Morgan fingerprint density at radius 1 is 0.839 bits per heavy atom. The predicted octanol–water partition coefficient (Wildman–Crippen LogP) is 4.05. The molecule has 3 aliphatic rings. The number of piperidine rings is 2. The molecule has 0 saturated carbocycles. The lowest BCUT2D eigenvalue weighted by atomic mass is 9.82. The zero-order valence-electron chi connectivity index (χ0n) is 20.5. The molecule has 2 aliphatic heterocycles. The maximum Gasteiger partial charge on any atom is 0.361 e. The molecule has 0 radical (unpaired) electrons. The van der Waals surface area contributed by atoms with Crippen molar-refractivity contribution in [1.29, 1.82) is 0 Å². The van der Waals surface area contributed by atoms with Crippen LogP contribution in [-0.4, -0.2) is 54.7 Å². The number of carbonyl (C=O) groups excluding carboxylic acids is 2. The van der Waals surface area contributed by atoms with Gasteiger partial charge in [-0.3, -0.25) is 4.79 Å². The minimum absolute atomic E-state index is 0.0136. The number of hydrogen-bond donors (Lipinski definition) is 1. The van der Waals surface area contributed by atoms with E-state index in [9.17, 15) is 14.7 Å². The number of rotatable bonds is 4. The van der Waals surface area contributed by atoms with Gasteiger partial charge in [-0.2, -0.15) is 0 Å². The van der Waals surface area contributed by atoms with Gasteiger partial charge in [0.1, 0.15) is 0 Å². The number of nitrogens with zero attached hydrogens (tertiary/aromatic N) is 2. The molecule has 0 bridgehead atoms. The third kappa shape index (κ3) is 4.55. The van der Waals surface area contributed by atoms with E-state index in [0.29, 0.717) is 0 Å². The summed E-state index contributed by atoms with van der Waals surface area (Å²) in [4.78, 5) is 37.6. The Bertz CT molecular complexity index is 751. The van der Waals surface area contributed by atoms with Gasteiger partial charge in [0.15, 0.2) is 11.4 Å². The molecule has 7 heteroatoms. The fourth-order valence-electron chi connectivity index (χ4n) is 5.60. The first kappa shape index (κ1) is 24.2. The van der Waals surface area contributed by atoms with Crippen LogP contribution in [0, 0.1) is 0 Å². The van der Waals surface area contributed by atoms with Gasteiger partial charge in [-0.05, 0) is 93.9 Å². The molecule has 2 saturated heterocycles. The predicted molar refractivity (Wildman–Crippen MR) is 118 cm³/mol. The van der Waals surface area contributed by atoms with Crippen molar-refractivity contribution in [3.63, 3.8) is 0 Å². The molecule has 1 N–H and O–H groups in total. The molecular weight excluding hydrogens is 396 g/mol. The van der Waals surface area contributed by atoms with Crippen molar-refractivity contribution in [2.24, 2.45) is 0 Å². The molecule has 1 aliphatic carbocycles. The van der Waals surface area contributed by atoms with Crippen LogP contribution in [0.5, 0.6) is 0 Å². The van der Waals surface area contributed by atoms with Gasteiger partial charge >= 0.3 is 5.97 Å². The number of Topliss-reactive ketones (excluding diaryl/α,β-unsaturated/α-hetero) is 1. The van der Waals surface area contributed by atoms with Crippen LogP contribution < -0.4 is 0 Å². The number of aliphatic hydroxyl groups is 1. The number of carbonyl (C=O) groups is 2. The van der Waals surface area contributed by atoms with E-state index in [1.165, 1.54) is 6.08 Å². The number of hydrogen-bond acceptors (Lipinski definition) is 7. The van der Waals surface area contributed by atoms with Gasteiger partial charge in [-0.25, -0.2) is 4.79 Å². The second-order valence-corrected chi connectivity index (χ2v) is 12.0. The van der Waals surface area contributed by atoms with E-state index in [-0.39, 0.29) is 34.3 Å². The summed E-state index contributed by atoms with van der Waals surface area (Å²) in [5.41, 5.74) is -3.29. The largest absolute Gasteiger partial charge is 0.401 e. The Hall–Kier alpha value is -1.44. The lowest BCUT2D eigenvalue weighted by Crippen LogP contribution is -2.60. The van der Waals surface area contributed by atoms with E-state index >= 15 is 0 Å². The standard InChI is InChI=1S/C24H40N2O5/c1-20(2)11-9-12-21(3,4)25(20)30-18-16-24(29,15-17(18)27)19(28)31-26-22(5,6)13-10-14-23(26,7)8/h16,29H,9-15H2,1-8H3. The highest BCUT2D eigenvalue weighted by molar-refractivity contribution is 6.03. The maximum absolute atomic E-state index is 13.1. The zero-order valence-corrected chi connectivity index (χ0v) is 20.5. The summed E-state index contributed by atoms with van der Waals surface area (Å²) >= 11 is 0. The first-order valence-corrected chi connectivity index (χ1v) is 11.5. The first-order valence-electron chi connectivity index (χ1n) is 11.5. The van der Waals surface area contributed by atoms with Crippen molar-refractivity contribution in [2.45, 2.75) is 128 Å². The van der Waals surface area contributed by atoms with Crippen molar-refractivity contribution in [3.8, 4) is 0 Å². The average Bonchev–Trinajstić information content (AvgIpc) is 2.89. The fraction of sp³-hybridized carbons (Fsp3) is 0.833. The summed E-state index contributed by atoms with van der Waals surface area (Å²) < 4.78 is 0. The molecule has 2 fully saturated rings. The molecule has 2 heterocycles. The highest BCUT2D eigenvalue weighted by atomic mass is 16.7. The zero-order chi connectivity index (χ0) is 23.5. The quantitative estimate of drug-likeness (QED) is 0.712. The molecule has 3 rings (SSSR count). The summed E-state index contributed by atoms with van der Waals surface area (Å²) in [7, 11) is 0. The van der Waals surface area contributed by atoms with Crippen LogP contribution in [0.4, 0.5) is 0 Å².